The summed E-state index contributed by atoms with van der Waals surface area (Å²) >= 11 is 0. The van der Waals surface area contributed by atoms with E-state index in [0.29, 0.717) is 22.9 Å². The molecule has 212 valence electrons. The maximum atomic E-state index is 6.35. The van der Waals surface area contributed by atoms with Gasteiger partial charge in [0.05, 0.1) is 37.0 Å². The smallest absolute Gasteiger partial charge is 0.142 e. The fraction of sp³-hybridized carbons (Fsp3) is 0.0588. The number of benzene rings is 6. The van der Waals surface area contributed by atoms with E-state index in [2.05, 4.69) is 48.5 Å². The Morgan fingerprint density at radius 3 is 1.29 bits per heavy atom. The number of anilines is 4. The molecule has 6 aromatic carbocycles. The summed E-state index contributed by atoms with van der Waals surface area (Å²) in [7, 11) is 6.49. The lowest BCUT2D eigenvalue weighted by Crippen LogP contribution is -1.94. The quantitative estimate of drug-likeness (QED) is 0.112. The van der Waals surface area contributed by atoms with Crippen LogP contribution in [0.1, 0.15) is 0 Å². The van der Waals surface area contributed by atoms with E-state index >= 15 is 0 Å². The Labute approximate surface area is 253 Å². The minimum absolute atomic E-state index is 0.615. The molecule has 0 unspecified atom stereocenters. The summed E-state index contributed by atoms with van der Waals surface area (Å²) in [5.74, 6) is 1.31. The van der Waals surface area contributed by atoms with Crippen molar-refractivity contribution in [2.45, 2.75) is 9.79 Å². The van der Waals surface area contributed by atoms with Crippen LogP contribution in [0.2, 0.25) is 0 Å². The predicted octanol–water partition coefficient (Wildman–Crippen LogP) is 8.49. The van der Waals surface area contributed by atoms with E-state index in [-0.39, 0.29) is 0 Å². The van der Waals surface area contributed by atoms with Crippen LogP contribution in [0, 0.1) is 0 Å². The lowest BCUT2D eigenvalue weighted by molar-refractivity contribution is 0.416. The number of hydrogen-bond acceptors (Lipinski definition) is 8. The van der Waals surface area contributed by atoms with Crippen molar-refractivity contribution in [3.05, 3.63) is 109 Å². The summed E-state index contributed by atoms with van der Waals surface area (Å²) < 4.78 is 10.4. The van der Waals surface area contributed by atoms with E-state index in [1.807, 2.05) is 60.7 Å². The molecule has 0 saturated heterocycles. The molecule has 8 N–H and O–H groups in total. The first kappa shape index (κ1) is 28.9. The standard InChI is InChI=1S/C20H16N2S2.C14H16N2O2/c21-19-15-7-3-1-5-13(15)9-11-17(19)23-24-18-12-10-14-6-2-4-8-16(14)20(18)22;1-17-13-7-9(3-5-11(13)15)10-4-6-12(16)14(8-10)18-2/h1-12H,21-22H2;3-8H,15-16H2,1-2H3. The van der Waals surface area contributed by atoms with Crippen molar-refractivity contribution < 1.29 is 9.47 Å². The normalized spacial score (nSPS) is 10.7. The van der Waals surface area contributed by atoms with E-state index in [9.17, 15) is 0 Å². The van der Waals surface area contributed by atoms with Crippen molar-refractivity contribution in [1.29, 1.82) is 0 Å². The molecule has 0 aliphatic rings. The van der Waals surface area contributed by atoms with E-state index in [1.165, 1.54) is 0 Å². The van der Waals surface area contributed by atoms with Crippen molar-refractivity contribution in [2.24, 2.45) is 0 Å². The van der Waals surface area contributed by atoms with Crippen molar-refractivity contribution in [2.75, 3.05) is 37.2 Å². The van der Waals surface area contributed by atoms with Crippen LogP contribution in [0.3, 0.4) is 0 Å². The highest BCUT2D eigenvalue weighted by molar-refractivity contribution is 8.76. The molecule has 0 bridgehead atoms. The third-order valence-electron chi connectivity index (χ3n) is 6.88. The third kappa shape index (κ3) is 6.15. The second-order valence-electron chi connectivity index (χ2n) is 9.48. The van der Waals surface area contributed by atoms with Crippen LogP contribution < -0.4 is 32.4 Å². The maximum Gasteiger partial charge on any atom is 0.142 e. The Morgan fingerprint density at radius 2 is 0.881 bits per heavy atom. The Bertz CT molecular complexity index is 1740. The zero-order valence-electron chi connectivity index (χ0n) is 23.3. The van der Waals surface area contributed by atoms with Gasteiger partial charge in [-0.15, -0.1) is 0 Å². The summed E-state index contributed by atoms with van der Waals surface area (Å²) in [4.78, 5) is 2.12. The van der Waals surface area contributed by atoms with Crippen molar-refractivity contribution >= 4 is 65.9 Å². The van der Waals surface area contributed by atoms with Gasteiger partial charge in [-0.25, -0.2) is 0 Å². The van der Waals surface area contributed by atoms with E-state index in [0.717, 1.165) is 53.8 Å². The van der Waals surface area contributed by atoms with Gasteiger partial charge in [0.1, 0.15) is 11.5 Å². The zero-order valence-corrected chi connectivity index (χ0v) is 25.0. The molecule has 0 aliphatic heterocycles. The van der Waals surface area contributed by atoms with E-state index in [4.69, 9.17) is 32.4 Å². The lowest BCUT2D eigenvalue weighted by Gasteiger charge is -2.11. The Hall–Kier alpha value is -4.66. The Balaban J connectivity index is 0.000000176. The average Bonchev–Trinajstić information content (AvgIpc) is 3.03. The first-order valence-electron chi connectivity index (χ1n) is 13.2. The summed E-state index contributed by atoms with van der Waals surface area (Å²) in [5, 5.41) is 4.51. The molecule has 6 aromatic rings. The largest absolute Gasteiger partial charge is 0.495 e. The molecule has 0 atom stereocenters. The molecule has 0 radical (unpaired) electrons. The van der Waals surface area contributed by atoms with Gasteiger partial charge in [-0.05, 0) is 58.3 Å². The lowest BCUT2D eigenvalue weighted by atomic mass is 10.0. The minimum Gasteiger partial charge on any atom is -0.495 e. The van der Waals surface area contributed by atoms with Gasteiger partial charge in [-0.1, -0.05) is 94.4 Å². The van der Waals surface area contributed by atoms with Gasteiger partial charge in [0, 0.05) is 20.6 Å². The first-order chi connectivity index (χ1) is 20.4. The summed E-state index contributed by atoms with van der Waals surface area (Å²) in [6.07, 6.45) is 0. The highest BCUT2D eigenvalue weighted by Gasteiger charge is 2.10. The van der Waals surface area contributed by atoms with Gasteiger partial charge >= 0.3 is 0 Å². The summed E-state index contributed by atoms with van der Waals surface area (Å²) in [6, 6.07) is 36.0. The van der Waals surface area contributed by atoms with Gasteiger partial charge in [-0.2, -0.15) is 0 Å². The molecular formula is C34H32N4O2S2. The molecule has 6 rings (SSSR count). The fourth-order valence-electron chi connectivity index (χ4n) is 4.57. The highest BCUT2D eigenvalue weighted by atomic mass is 33.1. The molecule has 0 saturated carbocycles. The second kappa shape index (κ2) is 12.9. The number of fused-ring (bicyclic) bond motifs is 2. The van der Waals surface area contributed by atoms with Crippen LogP contribution >= 0.6 is 21.6 Å². The summed E-state index contributed by atoms with van der Waals surface area (Å²) in [5.41, 5.74) is 29.1. The van der Waals surface area contributed by atoms with Gasteiger partial charge in [0.25, 0.3) is 0 Å². The van der Waals surface area contributed by atoms with E-state index in [1.54, 1.807) is 35.8 Å². The second-order valence-corrected chi connectivity index (χ2v) is 11.7. The topological polar surface area (TPSA) is 123 Å². The van der Waals surface area contributed by atoms with Crippen molar-refractivity contribution in [3.63, 3.8) is 0 Å². The number of hydrogen-bond donors (Lipinski definition) is 4. The molecule has 8 heteroatoms. The number of rotatable bonds is 6. The van der Waals surface area contributed by atoms with Gasteiger partial charge in [0.2, 0.25) is 0 Å². The molecule has 0 amide bonds. The monoisotopic (exact) mass is 592 g/mol. The number of nitrogen functional groups attached to an aromatic ring is 4. The zero-order chi connectivity index (χ0) is 29.6. The van der Waals surface area contributed by atoms with Crippen LogP contribution in [0.5, 0.6) is 11.5 Å². The fourth-order valence-corrected chi connectivity index (χ4v) is 6.80. The summed E-state index contributed by atoms with van der Waals surface area (Å²) in [6.45, 7) is 0. The van der Waals surface area contributed by atoms with Gasteiger partial charge in [-0.3, -0.25) is 0 Å². The molecule has 0 aliphatic carbocycles. The highest BCUT2D eigenvalue weighted by Crippen LogP contribution is 2.45. The third-order valence-corrected chi connectivity index (χ3v) is 9.36. The molecule has 0 fully saturated rings. The Kier molecular flexibility index (Phi) is 8.85. The van der Waals surface area contributed by atoms with Crippen LogP contribution in [0.25, 0.3) is 32.7 Å². The van der Waals surface area contributed by atoms with Crippen molar-refractivity contribution in [3.8, 4) is 22.6 Å². The van der Waals surface area contributed by atoms with Crippen LogP contribution in [-0.4, -0.2) is 14.2 Å². The Morgan fingerprint density at radius 1 is 0.476 bits per heavy atom. The average molecular weight is 593 g/mol. The molecule has 6 nitrogen and oxygen atoms in total. The van der Waals surface area contributed by atoms with Crippen molar-refractivity contribution in [1.82, 2.24) is 0 Å². The van der Waals surface area contributed by atoms with Crippen LogP contribution in [0.4, 0.5) is 22.7 Å². The van der Waals surface area contributed by atoms with Gasteiger partial charge in [0.15, 0.2) is 0 Å². The number of methoxy groups -OCH3 is 2. The molecular weight excluding hydrogens is 561 g/mol. The molecule has 0 spiro atoms. The maximum absolute atomic E-state index is 6.35. The van der Waals surface area contributed by atoms with Crippen LogP contribution in [0.15, 0.2) is 119 Å². The van der Waals surface area contributed by atoms with Crippen LogP contribution in [-0.2, 0) is 0 Å². The SMILES string of the molecule is COc1cc(-c2ccc(N)c(OC)c2)ccc1N.Nc1c(SSc2ccc3ccccc3c2N)ccc2ccccc12. The number of nitrogens with two attached hydrogens (primary N) is 4. The van der Waals surface area contributed by atoms with Gasteiger partial charge < -0.3 is 32.4 Å². The first-order valence-corrected chi connectivity index (χ1v) is 15.3. The molecule has 0 aromatic heterocycles. The minimum atomic E-state index is 0.615. The predicted molar refractivity (Wildman–Crippen MR) is 182 cm³/mol. The molecule has 42 heavy (non-hydrogen) atoms. The number of ether oxygens (including phenoxy) is 2. The molecule has 0 heterocycles. The van der Waals surface area contributed by atoms with E-state index < -0.39 is 0 Å².